The molecular formula is C24H32N4O5S. The lowest BCUT2D eigenvalue weighted by atomic mass is 9.99. The van der Waals surface area contributed by atoms with Gasteiger partial charge >= 0.3 is 0 Å². The Bertz CT molecular complexity index is 1150. The number of sulfonamides is 1. The fourth-order valence-corrected chi connectivity index (χ4v) is 5.73. The second-order valence-corrected chi connectivity index (χ2v) is 10.9. The van der Waals surface area contributed by atoms with Gasteiger partial charge in [0.2, 0.25) is 10.0 Å². The van der Waals surface area contributed by atoms with Gasteiger partial charge in [0.05, 0.1) is 10.7 Å². The van der Waals surface area contributed by atoms with Crippen molar-refractivity contribution in [2.24, 2.45) is 5.92 Å². The lowest BCUT2D eigenvalue weighted by Gasteiger charge is -2.32. The highest BCUT2D eigenvalue weighted by Gasteiger charge is 2.25. The van der Waals surface area contributed by atoms with Crippen LogP contribution in [0.25, 0.3) is 0 Å². The van der Waals surface area contributed by atoms with Crippen molar-refractivity contribution >= 4 is 27.3 Å². The molecule has 2 aromatic rings. The first kappa shape index (κ1) is 25.6. The predicted molar refractivity (Wildman–Crippen MR) is 132 cm³/mol. The Morgan fingerprint density at radius 3 is 2.56 bits per heavy atom. The summed E-state index contributed by atoms with van der Waals surface area (Å²) < 4.78 is 27.2. The summed E-state index contributed by atoms with van der Waals surface area (Å²) in [7, 11) is -3.52. The minimum Gasteiger partial charge on any atom is -0.366 e. The number of hydrogen-bond acceptors (Lipinski definition) is 6. The molecule has 3 rings (SSSR count). The van der Waals surface area contributed by atoms with Crippen LogP contribution in [0.1, 0.15) is 55.1 Å². The van der Waals surface area contributed by atoms with E-state index in [4.69, 9.17) is 0 Å². The van der Waals surface area contributed by atoms with Gasteiger partial charge in [0.15, 0.2) is 0 Å². The second kappa shape index (κ2) is 11.0. The minimum absolute atomic E-state index is 0.0898. The summed E-state index contributed by atoms with van der Waals surface area (Å²) in [6, 6.07) is 11.3. The maximum Gasteiger partial charge on any atom is 0.293 e. The fourth-order valence-electron chi connectivity index (χ4n) is 4.24. The third kappa shape index (κ3) is 6.77. The standard InChI is InChI=1S/C24H32N4O5S/c1-17(2)26-34(32,33)16-21-9-5-4-8-20(21)14-25-24(29)19-10-11-22(23(13-19)28(30)31)27-12-6-7-18(3)15-27/h4-5,8-11,13,17-18,26H,6-7,12,14-16H2,1-3H3,(H,25,29). The second-order valence-electron chi connectivity index (χ2n) is 9.14. The Morgan fingerprint density at radius 1 is 1.21 bits per heavy atom. The van der Waals surface area contributed by atoms with Gasteiger partial charge < -0.3 is 10.2 Å². The Morgan fingerprint density at radius 2 is 1.91 bits per heavy atom. The number of anilines is 1. The topological polar surface area (TPSA) is 122 Å². The van der Waals surface area contributed by atoms with Crippen LogP contribution in [0.15, 0.2) is 42.5 Å². The molecule has 0 aromatic heterocycles. The molecule has 1 atom stereocenters. The normalized spacial score (nSPS) is 16.5. The number of hydrogen-bond donors (Lipinski definition) is 2. The molecular weight excluding hydrogens is 456 g/mol. The van der Waals surface area contributed by atoms with E-state index < -0.39 is 20.9 Å². The van der Waals surface area contributed by atoms with E-state index in [9.17, 15) is 23.3 Å². The van der Waals surface area contributed by atoms with Crippen molar-refractivity contribution in [3.8, 4) is 0 Å². The number of nitrogens with zero attached hydrogens (tertiary/aromatic N) is 2. The number of piperidine rings is 1. The van der Waals surface area contributed by atoms with Crippen molar-refractivity contribution in [3.63, 3.8) is 0 Å². The molecule has 0 bridgehead atoms. The minimum atomic E-state index is -3.52. The Hall–Kier alpha value is -2.98. The van der Waals surface area contributed by atoms with Gasteiger partial charge in [-0.2, -0.15) is 0 Å². The summed E-state index contributed by atoms with van der Waals surface area (Å²) in [6.07, 6.45) is 2.07. The molecule has 0 spiro atoms. The molecule has 34 heavy (non-hydrogen) atoms. The number of amides is 1. The molecule has 2 N–H and O–H groups in total. The summed E-state index contributed by atoms with van der Waals surface area (Å²) in [4.78, 5) is 26.1. The molecule has 0 radical (unpaired) electrons. The zero-order valence-electron chi connectivity index (χ0n) is 19.8. The van der Waals surface area contributed by atoms with Crippen molar-refractivity contribution in [1.29, 1.82) is 0 Å². The van der Waals surface area contributed by atoms with E-state index in [0.717, 1.165) is 25.9 Å². The van der Waals surface area contributed by atoms with Crippen molar-refractivity contribution < 1.29 is 18.1 Å². The van der Waals surface area contributed by atoms with Gasteiger partial charge in [0.1, 0.15) is 5.69 Å². The van der Waals surface area contributed by atoms with Gasteiger partial charge in [0.25, 0.3) is 11.6 Å². The van der Waals surface area contributed by atoms with Crippen molar-refractivity contribution in [2.45, 2.75) is 52.0 Å². The van der Waals surface area contributed by atoms with Gasteiger partial charge in [-0.05, 0) is 55.9 Å². The summed E-state index contributed by atoms with van der Waals surface area (Å²) >= 11 is 0. The van der Waals surface area contributed by atoms with Crippen LogP contribution >= 0.6 is 0 Å². The summed E-state index contributed by atoms with van der Waals surface area (Å²) in [5, 5.41) is 14.5. The largest absolute Gasteiger partial charge is 0.366 e. The Balaban J connectivity index is 1.74. The third-order valence-electron chi connectivity index (χ3n) is 5.75. The highest BCUT2D eigenvalue weighted by atomic mass is 32.2. The van der Waals surface area contributed by atoms with E-state index in [0.29, 0.717) is 22.7 Å². The number of carbonyl (C=O) groups is 1. The van der Waals surface area contributed by atoms with Crippen LogP contribution in [-0.2, 0) is 22.3 Å². The Labute approximate surface area is 200 Å². The predicted octanol–water partition coefficient (Wildman–Crippen LogP) is 3.59. The van der Waals surface area contributed by atoms with E-state index in [1.807, 2.05) is 4.90 Å². The van der Waals surface area contributed by atoms with Crippen LogP contribution in [0.4, 0.5) is 11.4 Å². The first-order chi connectivity index (χ1) is 16.1. The van der Waals surface area contributed by atoms with Crippen molar-refractivity contribution in [1.82, 2.24) is 10.0 Å². The first-order valence-corrected chi connectivity index (χ1v) is 13.1. The van der Waals surface area contributed by atoms with Crippen LogP contribution in [0.3, 0.4) is 0 Å². The molecule has 1 amide bonds. The van der Waals surface area contributed by atoms with Crippen LogP contribution in [0.2, 0.25) is 0 Å². The maximum absolute atomic E-state index is 12.8. The van der Waals surface area contributed by atoms with Gasteiger partial charge in [-0.3, -0.25) is 14.9 Å². The number of nitro groups is 1. The molecule has 0 saturated carbocycles. The average molecular weight is 489 g/mol. The summed E-state index contributed by atoms with van der Waals surface area (Å²) in [5.74, 6) is -0.207. The van der Waals surface area contributed by atoms with E-state index in [-0.39, 0.29) is 29.6 Å². The highest BCUT2D eigenvalue weighted by Crippen LogP contribution is 2.32. The molecule has 0 aliphatic carbocycles. The molecule has 1 heterocycles. The van der Waals surface area contributed by atoms with Gasteiger partial charge in [-0.15, -0.1) is 0 Å². The first-order valence-electron chi connectivity index (χ1n) is 11.4. The number of rotatable bonds is 9. The zero-order chi connectivity index (χ0) is 24.9. The van der Waals surface area contributed by atoms with Crippen LogP contribution in [0.5, 0.6) is 0 Å². The lowest BCUT2D eigenvalue weighted by molar-refractivity contribution is -0.384. The monoisotopic (exact) mass is 488 g/mol. The zero-order valence-corrected chi connectivity index (χ0v) is 20.6. The Kier molecular flexibility index (Phi) is 8.27. The van der Waals surface area contributed by atoms with Gasteiger partial charge in [-0.1, -0.05) is 31.2 Å². The molecule has 1 fully saturated rings. The van der Waals surface area contributed by atoms with Crippen LogP contribution in [-0.4, -0.2) is 38.4 Å². The van der Waals surface area contributed by atoms with E-state index in [2.05, 4.69) is 17.0 Å². The fraction of sp³-hybridized carbons (Fsp3) is 0.458. The van der Waals surface area contributed by atoms with Crippen LogP contribution < -0.4 is 14.9 Å². The van der Waals surface area contributed by atoms with E-state index >= 15 is 0 Å². The van der Waals surface area contributed by atoms with E-state index in [1.54, 1.807) is 50.2 Å². The number of benzene rings is 2. The molecule has 1 unspecified atom stereocenters. The number of carbonyl (C=O) groups excluding carboxylic acids is 1. The third-order valence-corrected chi connectivity index (χ3v) is 7.27. The molecule has 1 aliphatic heterocycles. The molecule has 9 nitrogen and oxygen atoms in total. The molecule has 1 saturated heterocycles. The summed E-state index contributed by atoms with van der Waals surface area (Å²) in [6.45, 7) is 7.23. The SMILES string of the molecule is CC1CCCN(c2ccc(C(=O)NCc3ccccc3CS(=O)(=O)NC(C)C)cc2[N+](=O)[O-])C1. The van der Waals surface area contributed by atoms with Crippen molar-refractivity contribution in [2.75, 3.05) is 18.0 Å². The number of nitrogens with one attached hydrogen (secondary N) is 2. The van der Waals surface area contributed by atoms with Crippen molar-refractivity contribution in [3.05, 3.63) is 69.3 Å². The number of nitro benzene ring substituents is 1. The lowest BCUT2D eigenvalue weighted by Crippen LogP contribution is -2.34. The summed E-state index contributed by atoms with van der Waals surface area (Å²) in [5.41, 5.74) is 1.87. The van der Waals surface area contributed by atoms with Gasteiger partial charge in [-0.25, -0.2) is 13.1 Å². The maximum atomic E-state index is 12.8. The van der Waals surface area contributed by atoms with E-state index in [1.165, 1.54) is 6.07 Å². The quantitative estimate of drug-likeness (QED) is 0.411. The van der Waals surface area contributed by atoms with Crippen LogP contribution in [0, 0.1) is 16.0 Å². The molecule has 2 aromatic carbocycles. The molecule has 10 heteroatoms. The smallest absolute Gasteiger partial charge is 0.293 e. The molecule has 1 aliphatic rings. The average Bonchev–Trinajstić information content (AvgIpc) is 2.76. The van der Waals surface area contributed by atoms with Gasteiger partial charge in [0, 0.05) is 37.3 Å². The highest BCUT2D eigenvalue weighted by molar-refractivity contribution is 7.88. The molecule has 184 valence electrons.